The summed E-state index contributed by atoms with van der Waals surface area (Å²) in [6.45, 7) is 1.82. The van der Waals surface area contributed by atoms with Crippen LogP contribution in [0.3, 0.4) is 0 Å². The first kappa shape index (κ1) is 22.6. The van der Waals surface area contributed by atoms with Gasteiger partial charge in [-0.15, -0.1) is 0 Å². The Kier molecular flexibility index (Phi) is 8.42. The molecule has 1 aliphatic heterocycles. The van der Waals surface area contributed by atoms with E-state index in [0.29, 0.717) is 26.4 Å². The zero-order valence-electron chi connectivity index (χ0n) is 18.3. The quantitative estimate of drug-likeness (QED) is 0.436. The van der Waals surface area contributed by atoms with Gasteiger partial charge in [-0.1, -0.05) is 91.0 Å². The molecule has 1 heterocycles. The minimum atomic E-state index is -0.523. The first-order valence-electron chi connectivity index (χ1n) is 10.9. The molecule has 1 unspecified atom stereocenters. The van der Waals surface area contributed by atoms with Crippen LogP contribution in [0.1, 0.15) is 16.7 Å². The fourth-order valence-corrected chi connectivity index (χ4v) is 3.79. The van der Waals surface area contributed by atoms with E-state index in [1.165, 1.54) is 0 Å². The maximum atomic E-state index is 6.33. The van der Waals surface area contributed by atoms with E-state index in [2.05, 4.69) is 0 Å². The van der Waals surface area contributed by atoms with E-state index in [1.807, 2.05) is 91.0 Å². The van der Waals surface area contributed by atoms with E-state index in [-0.39, 0.29) is 18.3 Å². The van der Waals surface area contributed by atoms with Crippen LogP contribution in [0.4, 0.5) is 0 Å². The van der Waals surface area contributed by atoms with Crippen LogP contribution in [0.15, 0.2) is 91.0 Å². The van der Waals surface area contributed by atoms with Gasteiger partial charge in [0.05, 0.1) is 26.4 Å². The fourth-order valence-electron chi connectivity index (χ4n) is 3.79. The molecule has 0 amide bonds. The second-order valence-corrected chi connectivity index (χ2v) is 7.80. The van der Waals surface area contributed by atoms with Gasteiger partial charge in [-0.2, -0.15) is 0 Å². The topological polar surface area (TPSA) is 46.2 Å². The van der Waals surface area contributed by atoms with Gasteiger partial charge in [-0.25, -0.2) is 0 Å². The van der Waals surface area contributed by atoms with Crippen LogP contribution < -0.4 is 0 Å². The number of methoxy groups -OCH3 is 1. The van der Waals surface area contributed by atoms with Crippen LogP contribution >= 0.6 is 0 Å². The summed E-state index contributed by atoms with van der Waals surface area (Å²) >= 11 is 0. The number of ether oxygens (including phenoxy) is 5. The molecule has 0 bridgehead atoms. The number of hydrogen-bond donors (Lipinski definition) is 0. The number of hydrogen-bond acceptors (Lipinski definition) is 5. The SMILES string of the molecule is COC1O[C@H](COCc2ccccc2)[C@H](OCc2ccccc2)[C@H]1OCc1ccccc1. The summed E-state index contributed by atoms with van der Waals surface area (Å²) in [5.41, 5.74) is 3.31. The molecular formula is C27H30O5. The molecule has 3 aromatic rings. The van der Waals surface area contributed by atoms with E-state index < -0.39 is 6.29 Å². The Morgan fingerprint density at radius 3 is 1.59 bits per heavy atom. The zero-order valence-corrected chi connectivity index (χ0v) is 18.3. The van der Waals surface area contributed by atoms with Crippen molar-refractivity contribution in [3.63, 3.8) is 0 Å². The monoisotopic (exact) mass is 434 g/mol. The van der Waals surface area contributed by atoms with Crippen molar-refractivity contribution >= 4 is 0 Å². The molecule has 0 radical (unpaired) electrons. The molecule has 1 saturated heterocycles. The molecule has 32 heavy (non-hydrogen) atoms. The third-order valence-electron chi connectivity index (χ3n) is 5.46. The van der Waals surface area contributed by atoms with Crippen LogP contribution in [-0.2, 0) is 43.5 Å². The van der Waals surface area contributed by atoms with Crippen LogP contribution in [0.5, 0.6) is 0 Å². The third-order valence-corrected chi connectivity index (χ3v) is 5.46. The van der Waals surface area contributed by atoms with Crippen molar-refractivity contribution in [2.24, 2.45) is 0 Å². The van der Waals surface area contributed by atoms with Crippen LogP contribution in [0, 0.1) is 0 Å². The van der Waals surface area contributed by atoms with E-state index in [9.17, 15) is 0 Å². The second kappa shape index (κ2) is 11.9. The molecule has 5 nitrogen and oxygen atoms in total. The lowest BCUT2D eigenvalue weighted by atomic mass is 10.1. The molecule has 4 rings (SSSR count). The Hall–Kier alpha value is -2.54. The molecule has 5 heteroatoms. The minimum absolute atomic E-state index is 0.298. The minimum Gasteiger partial charge on any atom is -0.374 e. The van der Waals surface area contributed by atoms with Gasteiger partial charge in [-0.05, 0) is 16.7 Å². The fraction of sp³-hybridized carbons (Fsp3) is 0.333. The Bertz CT molecular complexity index is 903. The smallest absolute Gasteiger partial charge is 0.186 e. The highest BCUT2D eigenvalue weighted by atomic mass is 16.7. The maximum absolute atomic E-state index is 6.33. The predicted octanol–water partition coefficient (Wildman–Crippen LogP) is 4.75. The molecule has 1 fully saturated rings. The molecular weight excluding hydrogens is 404 g/mol. The summed E-state index contributed by atoms with van der Waals surface area (Å²) in [6.07, 6.45) is -1.51. The Morgan fingerprint density at radius 2 is 1.09 bits per heavy atom. The molecule has 0 aromatic heterocycles. The average molecular weight is 435 g/mol. The Morgan fingerprint density at radius 1 is 0.625 bits per heavy atom. The predicted molar refractivity (Wildman–Crippen MR) is 122 cm³/mol. The van der Waals surface area contributed by atoms with Gasteiger partial charge >= 0.3 is 0 Å². The first-order chi connectivity index (χ1) is 15.8. The molecule has 0 spiro atoms. The van der Waals surface area contributed by atoms with Crippen LogP contribution in [0.25, 0.3) is 0 Å². The highest BCUT2D eigenvalue weighted by Gasteiger charge is 2.46. The van der Waals surface area contributed by atoms with Crippen molar-refractivity contribution in [2.45, 2.75) is 44.4 Å². The Balaban J connectivity index is 1.42. The van der Waals surface area contributed by atoms with Gasteiger partial charge in [-0.3, -0.25) is 0 Å². The number of rotatable bonds is 11. The standard InChI is InChI=1S/C27H30O5/c1-28-27-26(31-19-23-15-9-4-10-16-23)25(30-18-22-13-7-3-8-14-22)24(32-27)20-29-17-21-11-5-2-6-12-21/h2-16,24-27H,17-20H2,1H3/t24-,25+,26-,27?/m1/s1. The Labute approximate surface area is 189 Å². The van der Waals surface area contributed by atoms with Gasteiger partial charge in [0, 0.05) is 7.11 Å². The zero-order chi connectivity index (χ0) is 22.0. The van der Waals surface area contributed by atoms with Crippen LogP contribution in [-0.4, -0.2) is 38.3 Å². The van der Waals surface area contributed by atoms with Crippen molar-refractivity contribution in [3.05, 3.63) is 108 Å². The summed E-state index contributed by atoms with van der Waals surface area (Å²) in [6, 6.07) is 30.3. The lowest BCUT2D eigenvalue weighted by molar-refractivity contribution is -0.170. The summed E-state index contributed by atoms with van der Waals surface area (Å²) in [5, 5.41) is 0. The van der Waals surface area contributed by atoms with Crippen molar-refractivity contribution in [2.75, 3.05) is 13.7 Å². The van der Waals surface area contributed by atoms with E-state index >= 15 is 0 Å². The van der Waals surface area contributed by atoms with Gasteiger partial charge in [0.2, 0.25) is 0 Å². The van der Waals surface area contributed by atoms with Gasteiger partial charge < -0.3 is 23.7 Å². The lowest BCUT2D eigenvalue weighted by Gasteiger charge is -2.24. The molecule has 3 aromatic carbocycles. The van der Waals surface area contributed by atoms with Gasteiger partial charge in [0.15, 0.2) is 6.29 Å². The van der Waals surface area contributed by atoms with Crippen molar-refractivity contribution in [1.82, 2.24) is 0 Å². The van der Waals surface area contributed by atoms with E-state index in [0.717, 1.165) is 16.7 Å². The summed E-state index contributed by atoms with van der Waals surface area (Å²) in [5.74, 6) is 0. The first-order valence-corrected chi connectivity index (χ1v) is 10.9. The van der Waals surface area contributed by atoms with Crippen molar-refractivity contribution < 1.29 is 23.7 Å². The summed E-state index contributed by atoms with van der Waals surface area (Å²) < 4.78 is 30.3. The van der Waals surface area contributed by atoms with Crippen molar-refractivity contribution in [3.8, 4) is 0 Å². The highest BCUT2D eigenvalue weighted by Crippen LogP contribution is 2.29. The van der Waals surface area contributed by atoms with Gasteiger partial charge in [0.1, 0.15) is 18.3 Å². The van der Waals surface area contributed by atoms with E-state index in [1.54, 1.807) is 7.11 Å². The molecule has 0 N–H and O–H groups in total. The average Bonchev–Trinajstić information content (AvgIpc) is 3.19. The molecule has 0 aliphatic carbocycles. The largest absolute Gasteiger partial charge is 0.374 e. The van der Waals surface area contributed by atoms with Crippen LogP contribution in [0.2, 0.25) is 0 Å². The maximum Gasteiger partial charge on any atom is 0.186 e. The molecule has 4 atom stereocenters. The normalized spacial score (nSPS) is 22.8. The second-order valence-electron chi connectivity index (χ2n) is 7.80. The summed E-state index contributed by atoms with van der Waals surface area (Å²) in [4.78, 5) is 0. The molecule has 1 aliphatic rings. The molecule has 168 valence electrons. The summed E-state index contributed by atoms with van der Waals surface area (Å²) in [7, 11) is 1.63. The number of benzene rings is 3. The van der Waals surface area contributed by atoms with Gasteiger partial charge in [0.25, 0.3) is 0 Å². The van der Waals surface area contributed by atoms with E-state index in [4.69, 9.17) is 23.7 Å². The molecule has 0 saturated carbocycles. The lowest BCUT2D eigenvalue weighted by Crippen LogP contribution is -2.39. The highest BCUT2D eigenvalue weighted by molar-refractivity contribution is 5.15. The third kappa shape index (κ3) is 6.25. The van der Waals surface area contributed by atoms with Crippen molar-refractivity contribution in [1.29, 1.82) is 0 Å².